The van der Waals surface area contributed by atoms with Crippen molar-refractivity contribution in [3.05, 3.63) is 22.2 Å². The summed E-state index contributed by atoms with van der Waals surface area (Å²) in [7, 11) is 1.57. The fourth-order valence-corrected chi connectivity index (χ4v) is 1.28. The van der Waals surface area contributed by atoms with Gasteiger partial charge in [0.05, 0.1) is 12.1 Å². The zero-order valence-corrected chi connectivity index (χ0v) is 11.4. The highest BCUT2D eigenvalue weighted by Gasteiger charge is 2.08. The summed E-state index contributed by atoms with van der Waals surface area (Å²) in [5, 5.41) is 2.71. The standard InChI is InChI=1S/C13H18N4O2/c1-4-9(2)12(18)15-7-5-6-10-8-17(3)13(19)16-11(10)14/h8-9H,4,7H2,1-3H3,(H,15,18)(H2,14,16,19). The van der Waals surface area contributed by atoms with Crippen molar-refractivity contribution in [1.29, 1.82) is 0 Å². The largest absolute Gasteiger partial charge is 0.382 e. The van der Waals surface area contributed by atoms with Crippen LogP contribution >= 0.6 is 0 Å². The third kappa shape index (κ3) is 4.14. The first-order valence-electron chi connectivity index (χ1n) is 6.05. The number of nitrogens with zero attached hydrogens (tertiary/aromatic N) is 2. The second kappa shape index (κ2) is 6.59. The van der Waals surface area contributed by atoms with Crippen LogP contribution in [0.15, 0.2) is 11.0 Å². The molecule has 6 nitrogen and oxygen atoms in total. The van der Waals surface area contributed by atoms with Crippen molar-refractivity contribution in [3.63, 3.8) is 0 Å². The van der Waals surface area contributed by atoms with E-state index in [0.29, 0.717) is 5.56 Å². The summed E-state index contributed by atoms with van der Waals surface area (Å²) in [5.74, 6) is 5.62. The van der Waals surface area contributed by atoms with E-state index in [2.05, 4.69) is 22.1 Å². The number of nitrogen functional groups attached to an aromatic ring is 1. The normalized spacial score (nSPS) is 11.3. The van der Waals surface area contributed by atoms with Gasteiger partial charge in [0.2, 0.25) is 5.91 Å². The molecule has 1 atom stereocenters. The average Bonchev–Trinajstić information content (AvgIpc) is 2.38. The molecule has 0 saturated heterocycles. The molecule has 0 aromatic carbocycles. The molecule has 0 radical (unpaired) electrons. The number of aromatic nitrogens is 2. The number of hydrogen-bond donors (Lipinski definition) is 2. The van der Waals surface area contributed by atoms with Crippen molar-refractivity contribution in [2.75, 3.05) is 12.3 Å². The van der Waals surface area contributed by atoms with Gasteiger partial charge >= 0.3 is 5.69 Å². The first-order chi connectivity index (χ1) is 8.95. The molecule has 0 saturated carbocycles. The topological polar surface area (TPSA) is 90.0 Å². The number of anilines is 1. The van der Waals surface area contributed by atoms with Crippen LogP contribution in [0.2, 0.25) is 0 Å². The fourth-order valence-electron chi connectivity index (χ4n) is 1.28. The summed E-state index contributed by atoms with van der Waals surface area (Å²) in [4.78, 5) is 26.3. The number of nitrogens with one attached hydrogen (secondary N) is 1. The van der Waals surface area contributed by atoms with Gasteiger partial charge in [-0.05, 0) is 6.42 Å². The molecule has 19 heavy (non-hydrogen) atoms. The van der Waals surface area contributed by atoms with Crippen LogP contribution in [0.3, 0.4) is 0 Å². The summed E-state index contributed by atoms with van der Waals surface area (Å²) in [6.45, 7) is 4.05. The van der Waals surface area contributed by atoms with Gasteiger partial charge in [0, 0.05) is 19.2 Å². The Morgan fingerprint density at radius 2 is 2.32 bits per heavy atom. The third-order valence-electron chi connectivity index (χ3n) is 2.75. The molecule has 0 aliphatic heterocycles. The van der Waals surface area contributed by atoms with Crippen LogP contribution in [-0.2, 0) is 11.8 Å². The van der Waals surface area contributed by atoms with Crippen molar-refractivity contribution >= 4 is 11.7 Å². The lowest BCUT2D eigenvalue weighted by Crippen LogP contribution is -2.29. The first kappa shape index (κ1) is 14.8. The molecule has 1 aromatic heterocycles. The highest BCUT2D eigenvalue weighted by atomic mass is 16.2. The van der Waals surface area contributed by atoms with Gasteiger partial charge in [-0.2, -0.15) is 4.98 Å². The minimum atomic E-state index is -0.423. The maximum Gasteiger partial charge on any atom is 0.349 e. The maximum atomic E-state index is 11.5. The molecule has 1 rings (SSSR count). The predicted molar refractivity (Wildman–Crippen MR) is 73.2 cm³/mol. The summed E-state index contributed by atoms with van der Waals surface area (Å²) in [5.41, 5.74) is 5.64. The Labute approximate surface area is 112 Å². The SMILES string of the molecule is CCC(C)C(=O)NCC#Cc1cn(C)c(=O)nc1N. The first-order valence-corrected chi connectivity index (χ1v) is 6.05. The van der Waals surface area contributed by atoms with Gasteiger partial charge < -0.3 is 15.6 Å². The number of hydrogen-bond acceptors (Lipinski definition) is 4. The van der Waals surface area contributed by atoms with E-state index in [-0.39, 0.29) is 24.2 Å². The van der Waals surface area contributed by atoms with E-state index < -0.39 is 5.69 Å². The monoisotopic (exact) mass is 262 g/mol. The van der Waals surface area contributed by atoms with E-state index >= 15 is 0 Å². The maximum absolute atomic E-state index is 11.5. The van der Waals surface area contributed by atoms with Gasteiger partial charge in [-0.3, -0.25) is 4.79 Å². The van der Waals surface area contributed by atoms with Crippen molar-refractivity contribution in [2.24, 2.45) is 13.0 Å². The molecule has 0 aliphatic rings. The van der Waals surface area contributed by atoms with Crippen molar-refractivity contribution in [2.45, 2.75) is 20.3 Å². The number of aryl methyl sites for hydroxylation is 1. The molecule has 1 aromatic rings. The summed E-state index contributed by atoms with van der Waals surface area (Å²) >= 11 is 0. The second-order valence-electron chi connectivity index (χ2n) is 4.26. The highest BCUT2D eigenvalue weighted by molar-refractivity contribution is 5.78. The molecule has 0 spiro atoms. The van der Waals surface area contributed by atoms with Crippen LogP contribution in [0.5, 0.6) is 0 Å². The number of carbonyl (C=O) groups is 1. The van der Waals surface area contributed by atoms with Crippen molar-refractivity contribution < 1.29 is 4.79 Å². The average molecular weight is 262 g/mol. The zero-order chi connectivity index (χ0) is 14.4. The van der Waals surface area contributed by atoms with Gasteiger partial charge in [0.15, 0.2) is 0 Å². The molecule has 102 valence electrons. The number of nitrogens with two attached hydrogens (primary N) is 1. The van der Waals surface area contributed by atoms with Crippen LogP contribution < -0.4 is 16.7 Å². The lowest BCUT2D eigenvalue weighted by atomic mass is 10.1. The molecule has 0 aliphatic carbocycles. The minimum absolute atomic E-state index is 0.0221. The summed E-state index contributed by atoms with van der Waals surface area (Å²) < 4.78 is 1.30. The Kier molecular flexibility index (Phi) is 5.12. The predicted octanol–water partition coefficient (Wildman–Crippen LogP) is -0.124. The minimum Gasteiger partial charge on any atom is -0.382 e. The molecular formula is C13H18N4O2. The Balaban J connectivity index is 2.67. The molecule has 1 amide bonds. The van der Waals surface area contributed by atoms with E-state index in [0.717, 1.165) is 6.42 Å². The third-order valence-corrected chi connectivity index (χ3v) is 2.75. The van der Waals surface area contributed by atoms with Gasteiger partial charge in [0.25, 0.3) is 0 Å². The highest BCUT2D eigenvalue weighted by Crippen LogP contribution is 2.01. The van der Waals surface area contributed by atoms with E-state index in [1.165, 1.54) is 10.8 Å². The van der Waals surface area contributed by atoms with E-state index in [4.69, 9.17) is 5.73 Å². The number of carbonyl (C=O) groups excluding carboxylic acids is 1. The molecular weight excluding hydrogens is 244 g/mol. The van der Waals surface area contributed by atoms with Crippen LogP contribution in [-0.4, -0.2) is 22.0 Å². The van der Waals surface area contributed by atoms with E-state index in [1.54, 1.807) is 7.05 Å². The van der Waals surface area contributed by atoms with Gasteiger partial charge in [-0.1, -0.05) is 25.7 Å². The van der Waals surface area contributed by atoms with Crippen LogP contribution in [0.25, 0.3) is 0 Å². The Morgan fingerprint density at radius 1 is 1.63 bits per heavy atom. The van der Waals surface area contributed by atoms with Crippen LogP contribution in [0, 0.1) is 17.8 Å². The molecule has 1 unspecified atom stereocenters. The fraction of sp³-hybridized carbons (Fsp3) is 0.462. The lowest BCUT2D eigenvalue weighted by molar-refractivity contribution is -0.124. The Hall–Kier alpha value is -2.29. The molecule has 0 bridgehead atoms. The van der Waals surface area contributed by atoms with Crippen LogP contribution in [0.4, 0.5) is 5.82 Å². The molecule has 0 fully saturated rings. The smallest absolute Gasteiger partial charge is 0.349 e. The summed E-state index contributed by atoms with van der Waals surface area (Å²) in [6, 6.07) is 0. The Bertz CT molecular complexity index is 581. The quantitative estimate of drug-likeness (QED) is 0.743. The van der Waals surface area contributed by atoms with Gasteiger partial charge in [-0.15, -0.1) is 0 Å². The van der Waals surface area contributed by atoms with Crippen molar-refractivity contribution in [3.8, 4) is 11.8 Å². The van der Waals surface area contributed by atoms with Crippen molar-refractivity contribution in [1.82, 2.24) is 14.9 Å². The second-order valence-corrected chi connectivity index (χ2v) is 4.26. The number of rotatable bonds is 3. The van der Waals surface area contributed by atoms with Crippen LogP contribution in [0.1, 0.15) is 25.8 Å². The zero-order valence-electron chi connectivity index (χ0n) is 11.4. The lowest BCUT2D eigenvalue weighted by Gasteiger charge is -2.06. The van der Waals surface area contributed by atoms with Gasteiger partial charge in [-0.25, -0.2) is 4.79 Å². The number of amides is 1. The summed E-state index contributed by atoms with van der Waals surface area (Å²) in [6.07, 6.45) is 2.31. The van der Waals surface area contributed by atoms with Gasteiger partial charge in [0.1, 0.15) is 5.82 Å². The molecule has 1 heterocycles. The Morgan fingerprint density at radius 3 is 2.95 bits per heavy atom. The molecule has 6 heteroatoms. The van der Waals surface area contributed by atoms with E-state index in [1.807, 2.05) is 13.8 Å². The molecule has 3 N–H and O–H groups in total. The van der Waals surface area contributed by atoms with E-state index in [9.17, 15) is 9.59 Å².